The molecule has 7 heteroatoms. The van der Waals surface area contributed by atoms with E-state index in [0.29, 0.717) is 11.3 Å². The number of benzene rings is 2. The van der Waals surface area contributed by atoms with Crippen LogP contribution in [-0.4, -0.2) is 14.6 Å². The van der Waals surface area contributed by atoms with Crippen molar-refractivity contribution in [1.82, 2.24) is 14.6 Å². The highest BCUT2D eigenvalue weighted by Crippen LogP contribution is 2.34. The minimum absolute atomic E-state index is 0.00264. The Kier molecular flexibility index (Phi) is 3.47. The van der Waals surface area contributed by atoms with Crippen LogP contribution < -0.4 is 0 Å². The normalized spacial score (nSPS) is 12.2. The van der Waals surface area contributed by atoms with Crippen molar-refractivity contribution in [2.24, 2.45) is 0 Å². The van der Waals surface area contributed by atoms with Gasteiger partial charge in [0.15, 0.2) is 11.3 Å². The minimum atomic E-state index is -4.57. The van der Waals surface area contributed by atoms with Gasteiger partial charge in [-0.3, -0.25) is 0 Å². The summed E-state index contributed by atoms with van der Waals surface area (Å²) in [6.07, 6.45) is -4.57. The van der Waals surface area contributed by atoms with Crippen LogP contribution in [0, 0.1) is 6.92 Å². The van der Waals surface area contributed by atoms with Crippen LogP contribution in [0.15, 0.2) is 48.5 Å². The maximum absolute atomic E-state index is 13.5. The molecular formula is C18H11ClF3N3. The standard InChI is InChI=1S/C18H11ClF3N3/c1-10-16(19)17-23-14(9-15(18(20,21)22)25(17)24-10)13-7-6-11-4-2-3-5-12(11)8-13/h2-9H,1H3. The van der Waals surface area contributed by atoms with Crippen molar-refractivity contribution in [3.63, 3.8) is 0 Å². The number of aromatic nitrogens is 3. The molecule has 0 saturated carbocycles. The monoisotopic (exact) mass is 361 g/mol. The number of nitrogens with zero attached hydrogens (tertiary/aromatic N) is 3. The lowest BCUT2D eigenvalue weighted by Gasteiger charge is -2.11. The predicted molar refractivity (Wildman–Crippen MR) is 90.7 cm³/mol. The molecule has 126 valence electrons. The van der Waals surface area contributed by atoms with Gasteiger partial charge in [-0.15, -0.1) is 0 Å². The van der Waals surface area contributed by atoms with Crippen molar-refractivity contribution < 1.29 is 13.2 Å². The number of fused-ring (bicyclic) bond motifs is 2. The third kappa shape index (κ3) is 2.62. The zero-order valence-electron chi connectivity index (χ0n) is 13.0. The van der Waals surface area contributed by atoms with Gasteiger partial charge in [0.25, 0.3) is 0 Å². The average Bonchev–Trinajstić information content (AvgIpc) is 2.87. The lowest BCUT2D eigenvalue weighted by Crippen LogP contribution is -2.13. The summed E-state index contributed by atoms with van der Waals surface area (Å²) in [6.45, 7) is 1.55. The second-order valence-corrected chi connectivity index (χ2v) is 6.10. The summed E-state index contributed by atoms with van der Waals surface area (Å²) in [5, 5.41) is 5.91. The Balaban J connectivity index is 2.02. The van der Waals surface area contributed by atoms with Gasteiger partial charge in [0, 0.05) is 5.56 Å². The summed E-state index contributed by atoms with van der Waals surface area (Å²) in [5.41, 5.74) is 0.178. The Hall–Kier alpha value is -2.60. The van der Waals surface area contributed by atoms with Gasteiger partial charge in [-0.2, -0.15) is 18.3 Å². The number of rotatable bonds is 1. The van der Waals surface area contributed by atoms with E-state index in [1.165, 1.54) is 0 Å². The first-order valence-electron chi connectivity index (χ1n) is 7.47. The van der Waals surface area contributed by atoms with E-state index in [-0.39, 0.29) is 16.4 Å². The number of hydrogen-bond acceptors (Lipinski definition) is 2. The zero-order valence-corrected chi connectivity index (χ0v) is 13.7. The summed E-state index contributed by atoms with van der Waals surface area (Å²) < 4.78 is 41.2. The SMILES string of the molecule is Cc1nn2c(C(F)(F)F)cc(-c3ccc4ccccc4c3)nc2c1Cl. The molecule has 3 nitrogen and oxygen atoms in total. The number of aryl methyl sites for hydroxylation is 1. The van der Waals surface area contributed by atoms with Gasteiger partial charge in [0.05, 0.1) is 11.4 Å². The van der Waals surface area contributed by atoms with E-state index in [1.54, 1.807) is 13.0 Å². The van der Waals surface area contributed by atoms with Crippen LogP contribution in [0.3, 0.4) is 0 Å². The van der Waals surface area contributed by atoms with E-state index in [2.05, 4.69) is 10.1 Å². The van der Waals surface area contributed by atoms with Crippen molar-refractivity contribution in [2.45, 2.75) is 13.1 Å². The molecule has 25 heavy (non-hydrogen) atoms. The predicted octanol–water partition coefficient (Wildman–Crippen LogP) is 5.53. The van der Waals surface area contributed by atoms with Gasteiger partial charge in [-0.25, -0.2) is 9.50 Å². The van der Waals surface area contributed by atoms with Gasteiger partial charge in [-0.05, 0) is 29.8 Å². The summed E-state index contributed by atoms with van der Waals surface area (Å²) >= 11 is 6.10. The Morgan fingerprint density at radius 2 is 1.72 bits per heavy atom. The van der Waals surface area contributed by atoms with Crippen LogP contribution >= 0.6 is 11.6 Å². The summed E-state index contributed by atoms with van der Waals surface area (Å²) in [5.74, 6) is 0. The smallest absolute Gasteiger partial charge is 0.227 e. The van der Waals surface area contributed by atoms with Crippen molar-refractivity contribution in [3.05, 3.63) is 64.9 Å². The number of alkyl halides is 3. The summed E-state index contributed by atoms with van der Waals surface area (Å²) in [4.78, 5) is 4.32. The molecule has 0 bridgehead atoms. The van der Waals surface area contributed by atoms with Crippen molar-refractivity contribution in [3.8, 4) is 11.3 Å². The van der Waals surface area contributed by atoms with E-state index in [1.807, 2.05) is 36.4 Å². The van der Waals surface area contributed by atoms with E-state index in [9.17, 15) is 13.2 Å². The lowest BCUT2D eigenvalue weighted by atomic mass is 10.0. The molecule has 0 amide bonds. The van der Waals surface area contributed by atoms with Gasteiger partial charge in [-0.1, -0.05) is 48.0 Å². The molecule has 0 atom stereocenters. The van der Waals surface area contributed by atoms with E-state index >= 15 is 0 Å². The van der Waals surface area contributed by atoms with Crippen molar-refractivity contribution in [1.29, 1.82) is 0 Å². The van der Waals surface area contributed by atoms with E-state index in [4.69, 9.17) is 11.6 Å². The van der Waals surface area contributed by atoms with E-state index in [0.717, 1.165) is 21.4 Å². The van der Waals surface area contributed by atoms with Crippen molar-refractivity contribution >= 4 is 28.0 Å². The van der Waals surface area contributed by atoms with Gasteiger partial charge in [0.2, 0.25) is 0 Å². The highest BCUT2D eigenvalue weighted by Gasteiger charge is 2.35. The van der Waals surface area contributed by atoms with Crippen LogP contribution in [0.4, 0.5) is 13.2 Å². The molecule has 0 N–H and O–H groups in total. The molecular weight excluding hydrogens is 351 g/mol. The van der Waals surface area contributed by atoms with Crippen LogP contribution in [0.1, 0.15) is 11.4 Å². The zero-order chi connectivity index (χ0) is 17.8. The maximum Gasteiger partial charge on any atom is 0.433 e. The molecule has 4 rings (SSSR count). The van der Waals surface area contributed by atoms with Crippen LogP contribution in [0.5, 0.6) is 0 Å². The van der Waals surface area contributed by atoms with Gasteiger partial charge < -0.3 is 0 Å². The molecule has 0 aliphatic rings. The van der Waals surface area contributed by atoms with Gasteiger partial charge in [0.1, 0.15) is 5.02 Å². The highest BCUT2D eigenvalue weighted by molar-refractivity contribution is 6.34. The Morgan fingerprint density at radius 3 is 2.44 bits per heavy atom. The molecule has 0 radical (unpaired) electrons. The molecule has 0 aliphatic heterocycles. The second kappa shape index (κ2) is 5.46. The topological polar surface area (TPSA) is 30.2 Å². The first-order valence-corrected chi connectivity index (χ1v) is 7.84. The average molecular weight is 362 g/mol. The summed E-state index contributed by atoms with van der Waals surface area (Å²) in [7, 11) is 0. The number of halogens is 4. The van der Waals surface area contributed by atoms with Crippen LogP contribution in [0.2, 0.25) is 5.02 Å². The molecule has 2 aromatic carbocycles. The summed E-state index contributed by atoms with van der Waals surface area (Å²) in [6, 6.07) is 14.0. The lowest BCUT2D eigenvalue weighted by molar-refractivity contribution is -0.142. The first-order chi connectivity index (χ1) is 11.8. The van der Waals surface area contributed by atoms with Crippen molar-refractivity contribution in [2.75, 3.05) is 0 Å². The van der Waals surface area contributed by atoms with Crippen LogP contribution in [0.25, 0.3) is 27.7 Å². The third-order valence-corrected chi connectivity index (χ3v) is 4.47. The molecule has 2 heterocycles. The number of hydrogen-bond donors (Lipinski definition) is 0. The first kappa shape index (κ1) is 15.9. The largest absolute Gasteiger partial charge is 0.433 e. The fourth-order valence-corrected chi connectivity index (χ4v) is 2.96. The molecule has 4 aromatic rings. The molecule has 0 unspecified atom stereocenters. The fourth-order valence-electron chi connectivity index (χ4n) is 2.80. The maximum atomic E-state index is 13.5. The quantitative estimate of drug-likeness (QED) is 0.446. The molecule has 0 fully saturated rings. The van der Waals surface area contributed by atoms with E-state index < -0.39 is 11.9 Å². The second-order valence-electron chi connectivity index (χ2n) is 5.72. The minimum Gasteiger partial charge on any atom is -0.227 e. The third-order valence-electron chi connectivity index (χ3n) is 4.03. The van der Waals surface area contributed by atoms with Gasteiger partial charge >= 0.3 is 6.18 Å². The molecule has 2 aromatic heterocycles. The highest BCUT2D eigenvalue weighted by atomic mass is 35.5. The molecule has 0 aliphatic carbocycles. The molecule has 0 saturated heterocycles. The van der Waals surface area contributed by atoms with Crippen LogP contribution in [-0.2, 0) is 6.18 Å². The Labute approximate surface area is 145 Å². The Morgan fingerprint density at radius 1 is 1.00 bits per heavy atom. The molecule has 0 spiro atoms. The fraction of sp³-hybridized carbons (Fsp3) is 0.111. The Bertz CT molecular complexity index is 1120.